The summed E-state index contributed by atoms with van der Waals surface area (Å²) in [6.07, 6.45) is -21.1. The van der Waals surface area contributed by atoms with Gasteiger partial charge in [0.1, 0.15) is 49.7 Å². The van der Waals surface area contributed by atoms with Gasteiger partial charge in [-0.25, -0.2) is 38.4 Å². The van der Waals surface area contributed by atoms with Crippen molar-refractivity contribution in [3.05, 3.63) is 212 Å². The Bertz CT molecular complexity index is 3890. The highest BCUT2D eigenvalue weighted by Crippen LogP contribution is 2.34. The van der Waals surface area contributed by atoms with Crippen LogP contribution in [0.2, 0.25) is 0 Å². The van der Waals surface area contributed by atoms with Gasteiger partial charge in [-0.3, -0.25) is 14.4 Å². The SMILES string of the molecule is Cc1ccc(C(=O)O[C@@H]2[C@H](OC(=O)c3ccc(C)cc3)[C@@H]3COC(=O)N[C@@H](C)C(=O)NC[C@H]4O[C@@H](COC(=O)NC(CCC(N)=O)C(=O)NC[C@@H](O3)[C@H]2OC(=O)c2ccc(C)cc2)[C@@H](OC(=O)c2ccc(C)cc2)[C@@H](OC(=O)c2ccc(C)cc2)[C@@H]4OC(=O)c2ccc(C)cc2)cc1. The molecule has 0 spiro atoms. The molecule has 3 aliphatic heterocycles. The summed E-state index contributed by atoms with van der Waals surface area (Å²) in [7, 11) is 0. The van der Waals surface area contributed by atoms with Crippen LogP contribution in [0.25, 0.3) is 0 Å². The van der Waals surface area contributed by atoms with Gasteiger partial charge in [0.25, 0.3) is 0 Å². The van der Waals surface area contributed by atoms with Crippen molar-refractivity contribution in [1.29, 1.82) is 0 Å². The average molecular weight is 1350 g/mol. The van der Waals surface area contributed by atoms with E-state index in [1.54, 1.807) is 114 Å². The summed E-state index contributed by atoms with van der Waals surface area (Å²) in [5.41, 5.74) is 10.3. The van der Waals surface area contributed by atoms with Crippen LogP contribution in [0, 0.1) is 41.5 Å². The fraction of sp³-hybridized carbons (Fsp3) is 0.347. The number of benzene rings is 6. The number of hydrogen-bond acceptors (Lipinski definition) is 21. The van der Waals surface area contributed by atoms with Crippen molar-refractivity contribution in [2.24, 2.45) is 5.73 Å². The van der Waals surface area contributed by atoms with E-state index in [2.05, 4.69) is 21.3 Å². The predicted molar refractivity (Wildman–Crippen MR) is 346 cm³/mol. The number of esters is 6. The highest BCUT2D eigenvalue weighted by atomic mass is 16.7. The predicted octanol–water partition coefficient (Wildman–Crippen LogP) is 6.45. The summed E-state index contributed by atoms with van der Waals surface area (Å²) in [5, 5.41) is 10.1. The molecule has 3 heterocycles. The zero-order valence-electron chi connectivity index (χ0n) is 54.7. The molecule has 4 bridgehead atoms. The van der Waals surface area contributed by atoms with Gasteiger partial charge in [-0.2, -0.15) is 0 Å². The minimum absolute atomic E-state index is 0.00245. The molecule has 0 aromatic heterocycles. The molecule has 6 aromatic rings. The number of nitrogens with one attached hydrogen (secondary N) is 4. The Morgan fingerprint density at radius 2 is 0.633 bits per heavy atom. The maximum Gasteiger partial charge on any atom is 0.407 e. The molecule has 12 atom stereocenters. The second kappa shape index (κ2) is 32.6. The topological polar surface area (TPSA) is 354 Å². The van der Waals surface area contributed by atoms with Crippen LogP contribution in [0.1, 0.15) is 115 Å². The lowest BCUT2D eigenvalue weighted by molar-refractivity contribution is -0.227. The summed E-state index contributed by atoms with van der Waals surface area (Å²) < 4.78 is 61.9. The molecule has 3 fully saturated rings. The van der Waals surface area contributed by atoms with Crippen LogP contribution in [-0.4, -0.2) is 165 Å². The van der Waals surface area contributed by atoms with Crippen LogP contribution in [0.15, 0.2) is 146 Å². The third-order valence-corrected chi connectivity index (χ3v) is 16.4. The van der Waals surface area contributed by atoms with Crippen molar-refractivity contribution >= 4 is 65.7 Å². The van der Waals surface area contributed by atoms with E-state index in [-0.39, 0.29) is 33.4 Å². The maximum atomic E-state index is 14.7. The normalized spacial score (nSPS) is 23.8. The summed E-state index contributed by atoms with van der Waals surface area (Å²) in [4.78, 5) is 156. The zero-order valence-corrected chi connectivity index (χ0v) is 54.7. The molecule has 0 radical (unpaired) electrons. The van der Waals surface area contributed by atoms with Crippen LogP contribution >= 0.6 is 0 Å². The number of carbonyl (C=O) groups is 11. The minimum Gasteiger partial charge on any atom is -0.452 e. The molecule has 6 aromatic carbocycles. The van der Waals surface area contributed by atoms with Crippen molar-refractivity contribution < 1.29 is 100 Å². The van der Waals surface area contributed by atoms with Crippen LogP contribution in [0.4, 0.5) is 9.59 Å². The van der Waals surface area contributed by atoms with E-state index in [4.69, 9.17) is 53.1 Å². The molecule has 26 nitrogen and oxygen atoms in total. The summed E-state index contributed by atoms with van der Waals surface area (Å²) in [6, 6.07) is 34.0. The first kappa shape index (κ1) is 71.3. The average Bonchev–Trinajstić information content (AvgIpc) is 0.783. The number of primary amides is 1. The van der Waals surface area contributed by atoms with E-state index in [0.29, 0.717) is 0 Å². The van der Waals surface area contributed by atoms with Gasteiger partial charge >= 0.3 is 48.0 Å². The van der Waals surface area contributed by atoms with E-state index in [1.165, 1.54) is 79.7 Å². The Balaban J connectivity index is 1.11. The van der Waals surface area contributed by atoms with Gasteiger partial charge in [0.15, 0.2) is 36.6 Å². The van der Waals surface area contributed by atoms with Crippen molar-refractivity contribution in [3.8, 4) is 0 Å². The number of ether oxygens (including phenoxy) is 10. The van der Waals surface area contributed by atoms with Gasteiger partial charge in [-0.1, -0.05) is 106 Å². The smallest absolute Gasteiger partial charge is 0.407 e. The van der Waals surface area contributed by atoms with Crippen LogP contribution in [0.5, 0.6) is 0 Å². The molecule has 514 valence electrons. The fourth-order valence-corrected chi connectivity index (χ4v) is 10.7. The highest BCUT2D eigenvalue weighted by Gasteiger charge is 2.55. The number of cyclic esters (lactones) is 2. The number of rotatable bonds is 15. The van der Waals surface area contributed by atoms with Crippen molar-refractivity contribution in [2.45, 2.75) is 134 Å². The molecule has 26 heteroatoms. The molecule has 6 N–H and O–H groups in total. The second-order valence-electron chi connectivity index (χ2n) is 24.1. The standard InChI is InChI=1S/C72H75N5O21/c1-38-8-20-45(21-9-38)65(81)93-57-52-34-74-63(79)44(7)76-71(87)89-36-54-59(95-67(83)47-24-12-40(3)13-25-47)62(98-70(86)50-30-18-43(6)19-31-50)58(94-66(82)46-22-10-39(2)11-23-46)53(92-54)35-75-64(80)51(32-33-56(73)78)77-72(88)90-37-55(91-52)60(96-68(84)48-26-14-41(4)15-27-48)61(57)97-69(85)49-28-16-42(5)17-29-49/h8-31,44,51-55,57-62H,32-37H2,1-7H3,(H2,73,78)(H,74,79)(H,75,80)(H,76,87)(H,77,88)/t44-,51?,52+,53+,54-,55-,57+,58+,59+,60+,61-,62-/m0/s1. The molecule has 5 amide bonds. The number of fused-ring (bicyclic) bond motifs is 4. The summed E-state index contributed by atoms with van der Waals surface area (Å²) in [5.74, 6) is -8.83. The summed E-state index contributed by atoms with van der Waals surface area (Å²) in [6.45, 7) is 8.88. The number of nitrogens with two attached hydrogens (primary N) is 1. The Morgan fingerprint density at radius 1 is 0.378 bits per heavy atom. The van der Waals surface area contributed by atoms with E-state index < -0.39 is 178 Å². The minimum atomic E-state index is -1.86. The van der Waals surface area contributed by atoms with E-state index >= 15 is 0 Å². The van der Waals surface area contributed by atoms with Crippen molar-refractivity contribution in [1.82, 2.24) is 21.3 Å². The Labute approximate surface area is 563 Å². The molecule has 98 heavy (non-hydrogen) atoms. The van der Waals surface area contributed by atoms with Gasteiger partial charge in [-0.15, -0.1) is 0 Å². The van der Waals surface area contributed by atoms with E-state index in [9.17, 15) is 52.7 Å². The fourth-order valence-electron chi connectivity index (χ4n) is 10.7. The third-order valence-electron chi connectivity index (χ3n) is 16.4. The Hall–Kier alpha value is -11.0. The van der Waals surface area contributed by atoms with Gasteiger partial charge in [0.2, 0.25) is 17.7 Å². The lowest BCUT2D eigenvalue weighted by atomic mass is 9.93. The number of alkyl carbamates (subject to hydrolysis) is 2. The second-order valence-corrected chi connectivity index (χ2v) is 24.1. The Morgan fingerprint density at radius 3 is 0.918 bits per heavy atom. The lowest BCUT2D eigenvalue weighted by Gasteiger charge is -2.45. The molecule has 1 unspecified atom stereocenters. The van der Waals surface area contributed by atoms with Gasteiger partial charge < -0.3 is 74.4 Å². The molecule has 0 saturated carbocycles. The molecular formula is C72H75N5O21. The lowest BCUT2D eigenvalue weighted by Crippen LogP contribution is -2.65. The summed E-state index contributed by atoms with van der Waals surface area (Å²) >= 11 is 0. The van der Waals surface area contributed by atoms with Crippen LogP contribution in [0.3, 0.4) is 0 Å². The van der Waals surface area contributed by atoms with Crippen LogP contribution < -0.4 is 27.0 Å². The molecule has 0 aliphatic carbocycles. The number of amides is 5. The first-order valence-electron chi connectivity index (χ1n) is 31.5. The third kappa shape index (κ3) is 18.9. The maximum absolute atomic E-state index is 14.7. The first-order chi connectivity index (χ1) is 46.8. The van der Waals surface area contributed by atoms with Crippen molar-refractivity contribution in [3.63, 3.8) is 0 Å². The van der Waals surface area contributed by atoms with Crippen LogP contribution in [-0.2, 0) is 61.8 Å². The quantitative estimate of drug-likeness (QED) is 0.0545. The molecule has 3 saturated heterocycles. The number of hydrogen-bond donors (Lipinski definition) is 5. The molecule has 9 rings (SSSR count). The molecular weight excluding hydrogens is 1270 g/mol. The monoisotopic (exact) mass is 1350 g/mol. The Kier molecular flexibility index (Phi) is 23.7. The molecule has 3 aliphatic rings. The van der Waals surface area contributed by atoms with Gasteiger partial charge in [0.05, 0.1) is 33.4 Å². The zero-order chi connectivity index (χ0) is 70.3. The number of carbonyl (C=O) groups excluding carboxylic acids is 11. The largest absolute Gasteiger partial charge is 0.452 e. The van der Waals surface area contributed by atoms with Crippen molar-refractivity contribution in [2.75, 3.05) is 26.3 Å². The number of aryl methyl sites for hydroxylation is 6. The van der Waals surface area contributed by atoms with E-state index in [0.717, 1.165) is 33.4 Å². The first-order valence-corrected chi connectivity index (χ1v) is 31.5. The van der Waals surface area contributed by atoms with E-state index in [1.807, 2.05) is 0 Å². The van der Waals surface area contributed by atoms with Gasteiger partial charge in [-0.05, 0) is 128 Å². The van der Waals surface area contributed by atoms with Gasteiger partial charge in [0, 0.05) is 19.5 Å². The highest BCUT2D eigenvalue weighted by molar-refractivity contribution is 5.94.